The first-order valence-corrected chi connectivity index (χ1v) is 9.49. The molecular formula is C21H24N2O2S. The molecule has 1 saturated carbocycles. The fraction of sp³-hybridized carbons (Fsp3) is 0.381. The van der Waals surface area contributed by atoms with Crippen LogP contribution in [0.3, 0.4) is 0 Å². The van der Waals surface area contributed by atoms with Crippen LogP contribution in [0.25, 0.3) is 0 Å². The van der Waals surface area contributed by atoms with Crippen molar-refractivity contribution in [1.29, 1.82) is 0 Å². The van der Waals surface area contributed by atoms with Gasteiger partial charge < -0.3 is 19.7 Å². The first-order chi connectivity index (χ1) is 12.7. The summed E-state index contributed by atoms with van der Waals surface area (Å²) in [5, 5.41) is 4.36. The number of nitrogens with zero attached hydrogens (tertiary/aromatic N) is 1. The number of hydrogen-bond acceptors (Lipinski definition) is 3. The van der Waals surface area contributed by atoms with Gasteiger partial charge in [0.2, 0.25) is 0 Å². The smallest absolute Gasteiger partial charge is 0.169 e. The van der Waals surface area contributed by atoms with Crippen molar-refractivity contribution in [2.45, 2.75) is 31.3 Å². The molecule has 1 unspecified atom stereocenters. The van der Waals surface area contributed by atoms with Crippen LogP contribution in [0.4, 0.5) is 0 Å². The molecule has 26 heavy (non-hydrogen) atoms. The van der Waals surface area contributed by atoms with E-state index in [1.54, 1.807) is 14.2 Å². The highest BCUT2D eigenvalue weighted by Gasteiger charge is 2.33. The molecule has 136 valence electrons. The first-order valence-electron chi connectivity index (χ1n) is 9.08. The van der Waals surface area contributed by atoms with Gasteiger partial charge in [0.25, 0.3) is 0 Å². The maximum absolute atomic E-state index is 5.77. The van der Waals surface area contributed by atoms with Crippen LogP contribution in [-0.4, -0.2) is 36.8 Å². The van der Waals surface area contributed by atoms with E-state index in [-0.39, 0.29) is 6.04 Å². The van der Waals surface area contributed by atoms with E-state index >= 15 is 0 Å². The van der Waals surface area contributed by atoms with Crippen LogP contribution in [0, 0.1) is 0 Å². The molecule has 0 radical (unpaired) electrons. The highest BCUT2D eigenvalue weighted by atomic mass is 32.1. The predicted molar refractivity (Wildman–Crippen MR) is 107 cm³/mol. The lowest BCUT2D eigenvalue weighted by Crippen LogP contribution is -2.46. The predicted octanol–water partition coefficient (Wildman–Crippen LogP) is 3.69. The summed E-state index contributed by atoms with van der Waals surface area (Å²) in [6, 6.07) is 15.4. The second-order valence-electron chi connectivity index (χ2n) is 6.89. The van der Waals surface area contributed by atoms with Gasteiger partial charge in [-0.1, -0.05) is 30.3 Å². The second-order valence-corrected chi connectivity index (χ2v) is 7.27. The summed E-state index contributed by atoms with van der Waals surface area (Å²) >= 11 is 5.77. The molecular weight excluding hydrogens is 344 g/mol. The number of nitrogens with one attached hydrogen (secondary N) is 1. The lowest BCUT2D eigenvalue weighted by Gasteiger charge is -2.40. The van der Waals surface area contributed by atoms with Crippen molar-refractivity contribution in [3.05, 3.63) is 59.2 Å². The maximum atomic E-state index is 5.77. The monoisotopic (exact) mass is 368 g/mol. The van der Waals surface area contributed by atoms with E-state index in [2.05, 4.69) is 46.6 Å². The molecule has 1 aliphatic carbocycles. The zero-order valence-corrected chi connectivity index (χ0v) is 16.0. The van der Waals surface area contributed by atoms with Gasteiger partial charge in [-0.05, 0) is 60.3 Å². The number of hydrogen-bond donors (Lipinski definition) is 1. The van der Waals surface area contributed by atoms with Gasteiger partial charge >= 0.3 is 0 Å². The van der Waals surface area contributed by atoms with Crippen molar-refractivity contribution in [2.75, 3.05) is 20.8 Å². The summed E-state index contributed by atoms with van der Waals surface area (Å²) in [5.74, 6) is 1.54. The number of fused-ring (bicyclic) bond motifs is 1. The molecule has 0 saturated heterocycles. The zero-order valence-electron chi connectivity index (χ0n) is 15.2. The summed E-state index contributed by atoms with van der Waals surface area (Å²) in [4.78, 5) is 2.32. The Morgan fingerprint density at radius 3 is 2.42 bits per heavy atom. The van der Waals surface area contributed by atoms with Gasteiger partial charge in [-0.2, -0.15) is 0 Å². The maximum Gasteiger partial charge on any atom is 0.169 e. The summed E-state index contributed by atoms with van der Waals surface area (Å²) in [6.07, 6.45) is 3.36. The standard InChI is InChI=1S/C21H24N2O2S/c1-24-18-12-15-10-11-23(21(26)22-16-8-9-16)20(14-6-4-3-5-7-14)17(15)13-19(18)25-2/h3-7,12-13,16,20H,8-11H2,1-2H3,(H,22,26). The quantitative estimate of drug-likeness (QED) is 0.833. The fourth-order valence-corrected chi connectivity index (χ4v) is 4.01. The number of benzene rings is 2. The average molecular weight is 369 g/mol. The third kappa shape index (κ3) is 3.23. The summed E-state index contributed by atoms with van der Waals surface area (Å²) < 4.78 is 11.1. The minimum Gasteiger partial charge on any atom is -0.493 e. The Morgan fingerprint density at radius 1 is 1.08 bits per heavy atom. The Hall–Kier alpha value is -2.27. The van der Waals surface area contributed by atoms with Gasteiger partial charge in [-0.3, -0.25) is 0 Å². The number of methoxy groups -OCH3 is 2. The highest BCUT2D eigenvalue weighted by Crippen LogP contribution is 2.41. The molecule has 2 aliphatic rings. The van der Waals surface area contributed by atoms with Crippen LogP contribution in [0.2, 0.25) is 0 Å². The Morgan fingerprint density at radius 2 is 1.77 bits per heavy atom. The third-order valence-electron chi connectivity index (χ3n) is 5.15. The topological polar surface area (TPSA) is 33.7 Å². The van der Waals surface area contributed by atoms with Gasteiger partial charge in [0.05, 0.1) is 20.3 Å². The molecule has 1 fully saturated rings. The van der Waals surface area contributed by atoms with Crippen LogP contribution in [0.15, 0.2) is 42.5 Å². The molecule has 0 spiro atoms. The Kier molecular flexibility index (Phi) is 4.72. The van der Waals surface area contributed by atoms with Crippen LogP contribution < -0.4 is 14.8 Å². The van der Waals surface area contributed by atoms with Crippen molar-refractivity contribution in [3.8, 4) is 11.5 Å². The van der Waals surface area contributed by atoms with Crippen molar-refractivity contribution in [2.24, 2.45) is 0 Å². The molecule has 0 bridgehead atoms. The second kappa shape index (κ2) is 7.16. The zero-order chi connectivity index (χ0) is 18.1. The van der Waals surface area contributed by atoms with Crippen molar-refractivity contribution in [3.63, 3.8) is 0 Å². The lowest BCUT2D eigenvalue weighted by molar-refractivity contribution is 0.324. The fourth-order valence-electron chi connectivity index (χ4n) is 3.64. The van der Waals surface area contributed by atoms with Gasteiger partial charge in [0.1, 0.15) is 0 Å². The summed E-state index contributed by atoms with van der Waals surface area (Å²) in [5.41, 5.74) is 3.77. The number of rotatable bonds is 4. The first kappa shape index (κ1) is 17.2. The van der Waals surface area contributed by atoms with Gasteiger partial charge in [-0.25, -0.2) is 0 Å². The van der Waals surface area contributed by atoms with Crippen molar-refractivity contribution in [1.82, 2.24) is 10.2 Å². The van der Waals surface area contributed by atoms with Gasteiger partial charge in [0.15, 0.2) is 16.6 Å². The Bertz CT molecular complexity index is 805. The molecule has 0 aromatic heterocycles. The lowest BCUT2D eigenvalue weighted by atomic mass is 9.88. The van der Waals surface area contributed by atoms with Gasteiger partial charge in [0, 0.05) is 12.6 Å². The third-order valence-corrected chi connectivity index (χ3v) is 5.51. The molecule has 1 heterocycles. The number of ether oxygens (including phenoxy) is 2. The highest BCUT2D eigenvalue weighted by molar-refractivity contribution is 7.80. The minimum atomic E-state index is 0.0820. The van der Waals surface area contributed by atoms with E-state index in [4.69, 9.17) is 21.7 Å². The molecule has 0 amide bonds. The largest absolute Gasteiger partial charge is 0.493 e. The molecule has 1 N–H and O–H groups in total. The minimum absolute atomic E-state index is 0.0820. The molecule has 1 aliphatic heterocycles. The Balaban J connectivity index is 1.78. The van der Waals surface area contributed by atoms with Crippen LogP contribution >= 0.6 is 12.2 Å². The van der Waals surface area contributed by atoms with Crippen molar-refractivity contribution >= 4 is 17.3 Å². The van der Waals surface area contributed by atoms with Gasteiger partial charge in [-0.15, -0.1) is 0 Å². The average Bonchev–Trinajstić information content (AvgIpc) is 3.50. The van der Waals surface area contributed by atoms with Crippen molar-refractivity contribution < 1.29 is 9.47 Å². The number of thiocarbonyl (C=S) groups is 1. The Labute approximate surface area is 160 Å². The molecule has 2 aromatic carbocycles. The van der Waals surface area contributed by atoms with E-state index in [9.17, 15) is 0 Å². The van der Waals surface area contributed by atoms with Crippen LogP contribution in [0.5, 0.6) is 11.5 Å². The van der Waals surface area contributed by atoms with E-state index in [0.29, 0.717) is 6.04 Å². The molecule has 5 heteroatoms. The normalized spacial score (nSPS) is 18.8. The van der Waals surface area contributed by atoms with E-state index < -0.39 is 0 Å². The van der Waals surface area contributed by atoms with Crippen LogP contribution in [-0.2, 0) is 6.42 Å². The van der Waals surface area contributed by atoms with E-state index in [1.807, 2.05) is 6.07 Å². The van der Waals surface area contributed by atoms with Crippen LogP contribution in [0.1, 0.15) is 35.6 Å². The molecule has 4 rings (SSSR count). The summed E-state index contributed by atoms with van der Waals surface area (Å²) in [7, 11) is 3.37. The summed E-state index contributed by atoms with van der Waals surface area (Å²) in [6.45, 7) is 0.889. The van der Waals surface area contributed by atoms with E-state index in [1.165, 1.54) is 29.5 Å². The molecule has 4 nitrogen and oxygen atoms in total. The molecule has 1 atom stereocenters. The molecule has 2 aromatic rings. The van der Waals surface area contributed by atoms with E-state index in [0.717, 1.165) is 29.6 Å². The SMILES string of the molecule is COc1cc2c(cc1OC)C(c1ccccc1)N(C(=S)NC1CC1)CC2.